The van der Waals surface area contributed by atoms with E-state index in [2.05, 4.69) is 9.97 Å². The Hall–Kier alpha value is -2.63. The average molecular weight is 286 g/mol. The summed E-state index contributed by atoms with van der Waals surface area (Å²) in [7, 11) is 0. The van der Waals surface area contributed by atoms with Gasteiger partial charge in [-0.1, -0.05) is 17.7 Å². The Bertz CT molecular complexity index is 668. The van der Waals surface area contributed by atoms with E-state index in [4.69, 9.17) is 16.2 Å². The predicted molar refractivity (Wildman–Crippen MR) is 79.9 cm³/mol. The van der Waals surface area contributed by atoms with Gasteiger partial charge in [0.25, 0.3) is 5.91 Å². The van der Waals surface area contributed by atoms with Crippen LogP contribution >= 0.6 is 0 Å². The zero-order valence-corrected chi connectivity index (χ0v) is 12.3. The van der Waals surface area contributed by atoms with Gasteiger partial charge in [0, 0.05) is 0 Å². The summed E-state index contributed by atoms with van der Waals surface area (Å²) in [6, 6.07) is 7.59. The Morgan fingerprint density at radius 3 is 2.38 bits per heavy atom. The number of aromatic nitrogens is 2. The predicted octanol–water partition coefficient (Wildman–Crippen LogP) is 1.91. The molecular formula is C15H18N4O2. The van der Waals surface area contributed by atoms with Gasteiger partial charge in [-0.15, -0.1) is 0 Å². The number of anilines is 1. The molecule has 1 aromatic heterocycles. The first-order valence-electron chi connectivity index (χ1n) is 6.55. The first-order chi connectivity index (χ1) is 9.88. The van der Waals surface area contributed by atoms with Gasteiger partial charge in [-0.05, 0) is 32.9 Å². The molecule has 0 spiro atoms. The van der Waals surface area contributed by atoms with Crippen LogP contribution in [0.5, 0.6) is 5.75 Å². The topological polar surface area (TPSA) is 104 Å². The van der Waals surface area contributed by atoms with Crippen molar-refractivity contribution in [2.45, 2.75) is 26.9 Å². The number of nitrogens with two attached hydrogens (primary N) is 2. The summed E-state index contributed by atoms with van der Waals surface area (Å²) in [5.74, 6) is 0.173. The summed E-state index contributed by atoms with van der Waals surface area (Å²) < 4.78 is 5.80. The van der Waals surface area contributed by atoms with E-state index >= 15 is 0 Å². The highest BCUT2D eigenvalue weighted by molar-refractivity contribution is 5.95. The summed E-state index contributed by atoms with van der Waals surface area (Å²) in [4.78, 5) is 19.7. The summed E-state index contributed by atoms with van der Waals surface area (Å²) in [6.45, 7) is 5.45. The normalized spacial score (nSPS) is 12.0. The molecule has 0 bridgehead atoms. The molecule has 0 aliphatic rings. The second kappa shape index (κ2) is 5.78. The van der Waals surface area contributed by atoms with Crippen molar-refractivity contribution in [3.05, 3.63) is 46.8 Å². The molecule has 2 rings (SSSR count). The maximum absolute atomic E-state index is 11.6. The summed E-state index contributed by atoms with van der Waals surface area (Å²) in [5, 5.41) is 0. The van der Waals surface area contributed by atoms with Crippen LogP contribution in [0.4, 0.5) is 5.95 Å². The Morgan fingerprint density at radius 2 is 1.81 bits per heavy atom. The van der Waals surface area contributed by atoms with E-state index < -0.39 is 12.0 Å². The molecule has 0 saturated carbocycles. The number of primary amides is 1. The number of nitrogen functional groups attached to an aromatic ring is 1. The van der Waals surface area contributed by atoms with Crippen LogP contribution in [0.2, 0.25) is 0 Å². The molecule has 1 amide bonds. The zero-order valence-electron chi connectivity index (χ0n) is 12.3. The van der Waals surface area contributed by atoms with Crippen LogP contribution < -0.4 is 16.2 Å². The van der Waals surface area contributed by atoms with Crippen molar-refractivity contribution in [3.63, 3.8) is 0 Å². The third-order valence-corrected chi connectivity index (χ3v) is 3.10. The van der Waals surface area contributed by atoms with E-state index in [1.54, 1.807) is 13.8 Å². The Kier molecular flexibility index (Phi) is 4.07. The monoisotopic (exact) mass is 286 g/mol. The average Bonchev–Trinajstić information content (AvgIpc) is 2.39. The Morgan fingerprint density at radius 1 is 1.19 bits per heavy atom. The van der Waals surface area contributed by atoms with Gasteiger partial charge in [0.05, 0.1) is 17.0 Å². The van der Waals surface area contributed by atoms with Crippen LogP contribution in [0.25, 0.3) is 0 Å². The number of hydrogen-bond donors (Lipinski definition) is 2. The second-order valence-electron chi connectivity index (χ2n) is 4.86. The molecule has 1 atom stereocenters. The van der Waals surface area contributed by atoms with Crippen molar-refractivity contribution < 1.29 is 9.53 Å². The highest BCUT2D eigenvalue weighted by Crippen LogP contribution is 2.24. The van der Waals surface area contributed by atoms with Crippen LogP contribution in [0.15, 0.2) is 24.3 Å². The summed E-state index contributed by atoms with van der Waals surface area (Å²) >= 11 is 0. The fraction of sp³-hybridized carbons (Fsp3) is 0.267. The lowest BCUT2D eigenvalue weighted by atomic mass is 10.1. The van der Waals surface area contributed by atoms with Gasteiger partial charge in [0.2, 0.25) is 5.95 Å². The van der Waals surface area contributed by atoms with Crippen LogP contribution in [0, 0.1) is 13.8 Å². The lowest BCUT2D eigenvalue weighted by Gasteiger charge is -2.17. The Balaban J connectivity index is 2.36. The number of amides is 1. The van der Waals surface area contributed by atoms with Gasteiger partial charge in [-0.3, -0.25) is 4.79 Å². The van der Waals surface area contributed by atoms with E-state index in [9.17, 15) is 4.79 Å². The lowest BCUT2D eigenvalue weighted by Crippen LogP contribution is -2.21. The van der Waals surface area contributed by atoms with Crippen LogP contribution in [0.1, 0.15) is 40.3 Å². The molecule has 6 heteroatoms. The summed E-state index contributed by atoms with van der Waals surface area (Å²) in [6.07, 6.45) is -0.473. The summed E-state index contributed by atoms with van der Waals surface area (Å²) in [5.41, 5.74) is 13.3. The first-order valence-corrected chi connectivity index (χ1v) is 6.55. The van der Waals surface area contributed by atoms with Gasteiger partial charge >= 0.3 is 0 Å². The van der Waals surface area contributed by atoms with Crippen LogP contribution in [-0.2, 0) is 0 Å². The van der Waals surface area contributed by atoms with Gasteiger partial charge in [0.15, 0.2) is 0 Å². The second-order valence-corrected chi connectivity index (χ2v) is 4.86. The zero-order chi connectivity index (χ0) is 15.6. The highest BCUT2D eigenvalue weighted by Gasteiger charge is 2.21. The van der Waals surface area contributed by atoms with E-state index in [0.717, 1.165) is 5.56 Å². The molecule has 1 unspecified atom stereocenters. The van der Waals surface area contributed by atoms with Gasteiger partial charge in [-0.25, -0.2) is 9.97 Å². The maximum Gasteiger partial charge on any atom is 0.252 e. The van der Waals surface area contributed by atoms with E-state index in [1.165, 1.54) is 0 Å². The van der Waals surface area contributed by atoms with Crippen molar-refractivity contribution in [1.82, 2.24) is 9.97 Å². The fourth-order valence-corrected chi connectivity index (χ4v) is 2.09. The third-order valence-electron chi connectivity index (χ3n) is 3.10. The molecule has 6 nitrogen and oxygen atoms in total. The maximum atomic E-state index is 11.6. The molecule has 0 radical (unpaired) electrons. The number of rotatable bonds is 4. The molecule has 0 fully saturated rings. The number of nitrogens with zero attached hydrogens (tertiary/aromatic N) is 2. The molecule has 1 aromatic carbocycles. The van der Waals surface area contributed by atoms with Crippen LogP contribution in [-0.4, -0.2) is 15.9 Å². The standard InChI is InChI=1S/C15H18N4O2/c1-8-4-6-11(7-5-8)21-10(3)13-12(14(16)20)9(2)18-15(17)19-13/h4-7,10H,1-3H3,(H2,16,20)(H2,17,18,19). The number of aryl methyl sites for hydroxylation is 2. The molecule has 0 aliphatic heterocycles. The molecule has 110 valence electrons. The van der Waals surface area contributed by atoms with Gasteiger partial charge in [-0.2, -0.15) is 0 Å². The fourth-order valence-electron chi connectivity index (χ4n) is 2.09. The van der Waals surface area contributed by atoms with Crippen molar-refractivity contribution in [2.24, 2.45) is 5.73 Å². The number of carbonyl (C=O) groups excluding carboxylic acids is 1. The minimum atomic E-state index is -0.596. The molecule has 0 aliphatic carbocycles. The number of carbonyl (C=O) groups is 1. The molecule has 4 N–H and O–H groups in total. The first kappa shape index (κ1) is 14.8. The van der Waals surface area contributed by atoms with E-state index in [1.807, 2.05) is 31.2 Å². The smallest absolute Gasteiger partial charge is 0.252 e. The van der Waals surface area contributed by atoms with Crippen molar-refractivity contribution in [1.29, 1.82) is 0 Å². The largest absolute Gasteiger partial charge is 0.484 e. The number of hydrogen-bond acceptors (Lipinski definition) is 5. The highest BCUT2D eigenvalue weighted by atomic mass is 16.5. The van der Waals surface area contributed by atoms with E-state index in [-0.39, 0.29) is 11.5 Å². The SMILES string of the molecule is Cc1ccc(OC(C)c2nc(N)nc(C)c2C(N)=O)cc1. The molecule has 2 aromatic rings. The number of ether oxygens (including phenoxy) is 1. The minimum Gasteiger partial charge on any atom is -0.484 e. The van der Waals surface area contributed by atoms with Gasteiger partial charge in [0.1, 0.15) is 11.9 Å². The third kappa shape index (κ3) is 3.28. The minimum absolute atomic E-state index is 0.0897. The van der Waals surface area contributed by atoms with Crippen molar-refractivity contribution in [3.8, 4) is 5.75 Å². The molecular weight excluding hydrogens is 268 g/mol. The molecule has 21 heavy (non-hydrogen) atoms. The molecule has 1 heterocycles. The van der Waals surface area contributed by atoms with Crippen LogP contribution in [0.3, 0.4) is 0 Å². The quantitative estimate of drug-likeness (QED) is 0.893. The Labute approximate surface area is 123 Å². The molecule has 0 saturated heterocycles. The van der Waals surface area contributed by atoms with E-state index in [0.29, 0.717) is 17.1 Å². The number of benzene rings is 1. The van der Waals surface area contributed by atoms with Gasteiger partial charge < -0.3 is 16.2 Å². The van der Waals surface area contributed by atoms with Crippen molar-refractivity contribution in [2.75, 3.05) is 5.73 Å². The lowest BCUT2D eigenvalue weighted by molar-refractivity contribution is 0.0993. The van der Waals surface area contributed by atoms with Crippen molar-refractivity contribution >= 4 is 11.9 Å².